The third kappa shape index (κ3) is 6.77. The van der Waals surface area contributed by atoms with Crippen molar-refractivity contribution in [1.82, 2.24) is 0 Å². The minimum absolute atomic E-state index is 1.08. The highest BCUT2D eigenvalue weighted by Gasteiger charge is 2.27. The lowest BCUT2D eigenvalue weighted by molar-refractivity contribution is 1.30. The Kier molecular flexibility index (Phi) is 9.77. The number of nitrogens with zero attached hydrogens (tertiary/aromatic N) is 1. The molecule has 0 atom stereocenters. The van der Waals surface area contributed by atoms with Gasteiger partial charge in [0, 0.05) is 47.9 Å². The van der Waals surface area contributed by atoms with Gasteiger partial charge in [-0.15, -0.1) is 11.3 Å². The molecule has 0 N–H and O–H groups in total. The molecular formula is C66H43NS. The molecule has 12 aromatic carbocycles. The third-order valence-electron chi connectivity index (χ3n) is 13.7. The zero-order valence-corrected chi connectivity index (χ0v) is 38.0. The van der Waals surface area contributed by atoms with Crippen LogP contribution in [-0.4, -0.2) is 0 Å². The second-order valence-corrected chi connectivity index (χ2v) is 18.6. The smallest absolute Gasteiger partial charge is 0.0625 e. The third-order valence-corrected chi connectivity index (χ3v) is 14.9. The number of benzene rings is 12. The van der Waals surface area contributed by atoms with E-state index < -0.39 is 0 Å². The van der Waals surface area contributed by atoms with Crippen LogP contribution in [0.2, 0.25) is 0 Å². The van der Waals surface area contributed by atoms with Gasteiger partial charge in [-0.1, -0.05) is 231 Å². The van der Waals surface area contributed by atoms with E-state index in [0.717, 1.165) is 17.1 Å². The Morgan fingerprint density at radius 1 is 0.279 bits per heavy atom. The summed E-state index contributed by atoms with van der Waals surface area (Å²) in [6.07, 6.45) is 0. The second-order valence-electron chi connectivity index (χ2n) is 17.5. The van der Waals surface area contributed by atoms with Crippen LogP contribution in [-0.2, 0) is 0 Å². The van der Waals surface area contributed by atoms with Gasteiger partial charge in [0.1, 0.15) is 0 Å². The van der Waals surface area contributed by atoms with Gasteiger partial charge in [0.25, 0.3) is 0 Å². The quantitative estimate of drug-likeness (QED) is 0.137. The molecule has 1 nitrogen and oxygen atoms in total. The van der Waals surface area contributed by atoms with Crippen LogP contribution >= 0.6 is 11.3 Å². The van der Waals surface area contributed by atoms with Crippen LogP contribution < -0.4 is 4.90 Å². The first-order chi connectivity index (χ1) is 33.7. The number of thiophene rings is 1. The lowest BCUT2D eigenvalue weighted by Crippen LogP contribution is -2.13. The Balaban J connectivity index is 1.03. The Hall–Kier alpha value is -8.56. The number of fused-ring (bicyclic) bond motifs is 7. The molecule has 1 heterocycles. The van der Waals surface area contributed by atoms with Gasteiger partial charge in [0.05, 0.1) is 11.4 Å². The van der Waals surface area contributed by atoms with Gasteiger partial charge in [-0.3, -0.25) is 0 Å². The van der Waals surface area contributed by atoms with Gasteiger partial charge in [-0.25, -0.2) is 0 Å². The normalized spacial score (nSPS) is 11.5. The first-order valence-corrected chi connectivity index (χ1v) is 24.1. The molecule has 13 aromatic rings. The monoisotopic (exact) mass is 881 g/mol. The Bertz CT molecular complexity index is 4010. The number of anilines is 3. The van der Waals surface area contributed by atoms with E-state index in [0.29, 0.717) is 0 Å². The molecule has 0 unspecified atom stereocenters. The van der Waals surface area contributed by atoms with E-state index in [-0.39, 0.29) is 0 Å². The molecule has 13 rings (SSSR count). The summed E-state index contributed by atoms with van der Waals surface area (Å²) < 4.78 is 2.59. The van der Waals surface area contributed by atoms with E-state index in [1.807, 2.05) is 11.3 Å². The standard InChI is InChI=1S/C66H43NS/c1-2-17-44(18-3-1)49-21-14-22-50(43-49)47-37-35-45(36-38-47)46-39-41-51(42-40-46)67(62-33-12-10-26-55(62)60-31-16-32-61-56-27-11-13-34-63(56)68-66(60)61)65-59-29-9-7-25-54(59)53-24-6-8-28-58(53)64(65)57-30-15-20-48-19-4-5-23-52(48)57/h1-43H. The Morgan fingerprint density at radius 3 is 1.51 bits per heavy atom. The first-order valence-electron chi connectivity index (χ1n) is 23.3. The number of hydrogen-bond acceptors (Lipinski definition) is 2. The molecule has 0 saturated carbocycles. The summed E-state index contributed by atoms with van der Waals surface area (Å²) in [4.78, 5) is 2.56. The lowest BCUT2D eigenvalue weighted by Gasteiger charge is -2.32. The summed E-state index contributed by atoms with van der Waals surface area (Å²) in [5, 5.41) is 9.91. The van der Waals surface area contributed by atoms with Crippen molar-refractivity contribution in [2.75, 3.05) is 4.90 Å². The van der Waals surface area contributed by atoms with E-state index >= 15 is 0 Å². The van der Waals surface area contributed by atoms with Crippen LogP contribution in [0.5, 0.6) is 0 Å². The van der Waals surface area contributed by atoms with Crippen LogP contribution in [0.25, 0.3) is 108 Å². The summed E-state index contributed by atoms with van der Waals surface area (Å²) >= 11 is 1.88. The fraction of sp³-hybridized carbons (Fsp3) is 0. The van der Waals surface area contributed by atoms with Crippen molar-refractivity contribution >= 4 is 80.9 Å². The summed E-state index contributed by atoms with van der Waals surface area (Å²) in [7, 11) is 0. The topological polar surface area (TPSA) is 3.24 Å². The van der Waals surface area contributed by atoms with Crippen molar-refractivity contribution in [3.05, 3.63) is 261 Å². The molecule has 0 saturated heterocycles. The lowest BCUT2D eigenvalue weighted by atomic mass is 9.87. The van der Waals surface area contributed by atoms with Crippen molar-refractivity contribution in [1.29, 1.82) is 0 Å². The van der Waals surface area contributed by atoms with Crippen molar-refractivity contribution in [3.63, 3.8) is 0 Å². The minimum Gasteiger partial charge on any atom is -0.309 e. The molecule has 0 aliphatic carbocycles. The maximum atomic E-state index is 2.56. The fourth-order valence-electron chi connectivity index (χ4n) is 10.5. The number of rotatable bonds is 8. The maximum absolute atomic E-state index is 2.56. The summed E-state index contributed by atoms with van der Waals surface area (Å²) in [5.41, 5.74) is 15.4. The van der Waals surface area contributed by atoms with Gasteiger partial charge in [-0.05, 0) is 96.2 Å². The fourth-order valence-corrected chi connectivity index (χ4v) is 11.7. The largest absolute Gasteiger partial charge is 0.309 e. The van der Waals surface area contributed by atoms with Crippen LogP contribution in [0.15, 0.2) is 261 Å². The van der Waals surface area contributed by atoms with Crippen molar-refractivity contribution in [2.24, 2.45) is 0 Å². The summed E-state index contributed by atoms with van der Waals surface area (Å²) in [6.45, 7) is 0. The van der Waals surface area contributed by atoms with Gasteiger partial charge >= 0.3 is 0 Å². The van der Waals surface area contributed by atoms with Crippen LogP contribution in [0.1, 0.15) is 0 Å². The maximum Gasteiger partial charge on any atom is 0.0625 e. The van der Waals surface area contributed by atoms with E-state index in [9.17, 15) is 0 Å². The highest BCUT2D eigenvalue weighted by molar-refractivity contribution is 7.26. The molecule has 0 aliphatic rings. The van der Waals surface area contributed by atoms with E-state index in [1.165, 1.54) is 108 Å². The van der Waals surface area contributed by atoms with Gasteiger partial charge < -0.3 is 4.90 Å². The van der Waals surface area contributed by atoms with E-state index in [4.69, 9.17) is 0 Å². The molecule has 318 valence electrons. The summed E-state index contributed by atoms with van der Waals surface area (Å²) in [5.74, 6) is 0. The minimum atomic E-state index is 1.08. The average Bonchev–Trinajstić information content (AvgIpc) is 3.81. The molecule has 0 radical (unpaired) electrons. The van der Waals surface area contributed by atoms with Gasteiger partial charge in [0.15, 0.2) is 0 Å². The van der Waals surface area contributed by atoms with Crippen LogP contribution in [0.3, 0.4) is 0 Å². The molecule has 0 spiro atoms. The first kappa shape index (κ1) is 39.8. The van der Waals surface area contributed by atoms with E-state index in [1.54, 1.807) is 0 Å². The zero-order chi connectivity index (χ0) is 45.0. The van der Waals surface area contributed by atoms with Crippen LogP contribution in [0.4, 0.5) is 17.1 Å². The van der Waals surface area contributed by atoms with Crippen molar-refractivity contribution in [3.8, 4) is 55.6 Å². The van der Waals surface area contributed by atoms with E-state index in [2.05, 4.69) is 266 Å². The average molecular weight is 882 g/mol. The van der Waals surface area contributed by atoms with Crippen molar-refractivity contribution in [2.45, 2.75) is 0 Å². The van der Waals surface area contributed by atoms with Crippen LogP contribution in [0, 0.1) is 0 Å². The predicted octanol–water partition coefficient (Wildman–Crippen LogP) is 19.3. The molecule has 0 aliphatic heterocycles. The Morgan fingerprint density at radius 2 is 0.750 bits per heavy atom. The second kappa shape index (κ2) is 16.7. The highest BCUT2D eigenvalue weighted by atomic mass is 32.1. The Labute approximate surface area is 400 Å². The van der Waals surface area contributed by atoms with Crippen molar-refractivity contribution < 1.29 is 0 Å². The molecular weight excluding hydrogens is 839 g/mol. The van der Waals surface area contributed by atoms with Gasteiger partial charge in [-0.2, -0.15) is 0 Å². The SMILES string of the molecule is c1ccc(-c2cccc(-c3ccc(-c4ccc(N(c5ccccc5-c5cccc6c5sc5ccccc56)c5c(-c6cccc7ccccc67)c6ccccc6c6ccccc56)cc4)cc3)c2)cc1. The number of para-hydroxylation sites is 1. The van der Waals surface area contributed by atoms with Gasteiger partial charge in [0.2, 0.25) is 0 Å². The zero-order valence-electron chi connectivity index (χ0n) is 37.2. The molecule has 0 bridgehead atoms. The predicted molar refractivity (Wildman–Crippen MR) is 294 cm³/mol. The molecule has 2 heteroatoms. The summed E-state index contributed by atoms with van der Waals surface area (Å²) in [6, 6.07) is 95.8. The molecule has 0 amide bonds. The molecule has 1 aromatic heterocycles. The molecule has 68 heavy (non-hydrogen) atoms. The molecule has 0 fully saturated rings. The highest BCUT2D eigenvalue weighted by Crippen LogP contribution is 2.53. The number of hydrogen-bond donors (Lipinski definition) is 0.